The van der Waals surface area contributed by atoms with Crippen molar-refractivity contribution in [3.05, 3.63) is 32.6 Å². The maximum Gasteiger partial charge on any atom is 0.428 e. The number of hydrogen-bond donors (Lipinski definition) is 1. The first-order valence-corrected chi connectivity index (χ1v) is 5.90. The van der Waals surface area contributed by atoms with Crippen LogP contribution in [0.15, 0.2) is 20.9 Å². The fourth-order valence-corrected chi connectivity index (χ4v) is 1.38. The molecule has 0 fully saturated rings. The molecule has 1 aromatic heterocycles. The van der Waals surface area contributed by atoms with E-state index < -0.39 is 22.9 Å². The number of hydrazone groups is 1. The largest absolute Gasteiger partial charge is 0.443 e. The van der Waals surface area contributed by atoms with Gasteiger partial charge in [0.25, 0.3) is 5.56 Å². The Labute approximate surface area is 115 Å². The third kappa shape index (κ3) is 4.08. The predicted molar refractivity (Wildman–Crippen MR) is 73.9 cm³/mol. The summed E-state index contributed by atoms with van der Waals surface area (Å²) in [7, 11) is 2.88. The van der Waals surface area contributed by atoms with Crippen molar-refractivity contribution in [2.45, 2.75) is 26.4 Å². The predicted octanol–water partition coefficient (Wildman–Crippen LogP) is -0.0574. The van der Waals surface area contributed by atoms with Crippen molar-refractivity contribution >= 4 is 12.3 Å². The zero-order chi connectivity index (χ0) is 15.5. The van der Waals surface area contributed by atoms with Crippen LogP contribution >= 0.6 is 0 Å². The van der Waals surface area contributed by atoms with Crippen molar-refractivity contribution in [2.75, 3.05) is 0 Å². The van der Waals surface area contributed by atoms with E-state index >= 15 is 0 Å². The van der Waals surface area contributed by atoms with Crippen molar-refractivity contribution in [1.82, 2.24) is 14.6 Å². The number of carbonyl (C=O) groups excluding carboxylic acids is 1. The van der Waals surface area contributed by atoms with Crippen molar-refractivity contribution < 1.29 is 9.53 Å². The maximum atomic E-state index is 11.8. The van der Waals surface area contributed by atoms with Gasteiger partial charge in [0.1, 0.15) is 5.60 Å². The lowest BCUT2D eigenvalue weighted by Gasteiger charge is -2.18. The molecule has 0 aliphatic carbocycles. The molecule has 1 aromatic rings. The average molecular weight is 282 g/mol. The molecule has 0 aliphatic heterocycles. The second-order valence-electron chi connectivity index (χ2n) is 5.21. The molecule has 1 rings (SSSR count). The molecule has 0 atom stereocenters. The summed E-state index contributed by atoms with van der Waals surface area (Å²) in [5.74, 6) is 0. The lowest BCUT2D eigenvalue weighted by Crippen LogP contribution is -2.38. The molecule has 20 heavy (non-hydrogen) atoms. The minimum absolute atomic E-state index is 0.172. The van der Waals surface area contributed by atoms with Crippen LogP contribution in [0.1, 0.15) is 26.3 Å². The Morgan fingerprint density at radius 3 is 2.50 bits per heavy atom. The topological polar surface area (TPSA) is 94.7 Å². The molecule has 1 heterocycles. The van der Waals surface area contributed by atoms with Gasteiger partial charge in [0.15, 0.2) is 0 Å². The van der Waals surface area contributed by atoms with Crippen molar-refractivity contribution in [3.63, 3.8) is 0 Å². The number of ether oxygens (including phenoxy) is 1. The molecule has 0 aromatic carbocycles. The minimum atomic E-state index is -0.726. The summed E-state index contributed by atoms with van der Waals surface area (Å²) in [6.07, 6.45) is 1.77. The highest BCUT2D eigenvalue weighted by molar-refractivity contribution is 5.79. The van der Waals surface area contributed by atoms with Crippen LogP contribution in [0.25, 0.3) is 0 Å². The van der Waals surface area contributed by atoms with Crippen LogP contribution in [0.2, 0.25) is 0 Å². The number of nitrogens with one attached hydrogen (secondary N) is 1. The average Bonchev–Trinajstić information content (AvgIpc) is 2.30. The van der Waals surface area contributed by atoms with Crippen LogP contribution in [-0.2, 0) is 18.8 Å². The van der Waals surface area contributed by atoms with E-state index in [0.29, 0.717) is 0 Å². The smallest absolute Gasteiger partial charge is 0.428 e. The Bertz CT molecular complexity index is 649. The summed E-state index contributed by atoms with van der Waals surface area (Å²) in [5.41, 5.74) is 0.745. The number of aromatic nitrogens is 2. The van der Waals surface area contributed by atoms with Gasteiger partial charge in [0, 0.05) is 20.3 Å². The summed E-state index contributed by atoms with van der Waals surface area (Å²) in [5, 5.41) is 3.62. The van der Waals surface area contributed by atoms with Gasteiger partial charge < -0.3 is 9.30 Å². The second kappa shape index (κ2) is 5.72. The number of nitrogens with zero attached hydrogens (tertiary/aromatic N) is 3. The molecule has 8 heteroatoms. The third-order valence-electron chi connectivity index (χ3n) is 2.23. The van der Waals surface area contributed by atoms with Crippen LogP contribution in [0.5, 0.6) is 0 Å². The van der Waals surface area contributed by atoms with E-state index in [4.69, 9.17) is 4.74 Å². The molecule has 0 bridgehead atoms. The molecule has 0 aliphatic rings. The molecule has 110 valence electrons. The Morgan fingerprint density at radius 2 is 1.95 bits per heavy atom. The first kappa shape index (κ1) is 15.7. The zero-order valence-corrected chi connectivity index (χ0v) is 12.1. The number of hydrogen-bond acceptors (Lipinski definition) is 5. The monoisotopic (exact) mass is 282 g/mol. The lowest BCUT2D eigenvalue weighted by molar-refractivity contribution is 0.0529. The minimum Gasteiger partial charge on any atom is -0.443 e. The first-order valence-electron chi connectivity index (χ1n) is 5.90. The molecule has 0 radical (unpaired) electrons. The molecule has 0 unspecified atom stereocenters. The summed E-state index contributed by atoms with van der Waals surface area (Å²) in [4.78, 5) is 34.6. The van der Waals surface area contributed by atoms with Crippen molar-refractivity contribution in [3.8, 4) is 0 Å². The lowest BCUT2D eigenvalue weighted by atomic mass is 10.2. The van der Waals surface area contributed by atoms with Gasteiger partial charge in [-0.3, -0.25) is 9.36 Å². The van der Waals surface area contributed by atoms with Crippen LogP contribution in [-0.4, -0.2) is 27.0 Å². The van der Waals surface area contributed by atoms with Crippen molar-refractivity contribution in [1.29, 1.82) is 0 Å². The van der Waals surface area contributed by atoms with E-state index in [2.05, 4.69) is 10.5 Å². The third-order valence-corrected chi connectivity index (χ3v) is 2.23. The van der Waals surface area contributed by atoms with E-state index in [-0.39, 0.29) is 5.56 Å². The second-order valence-corrected chi connectivity index (χ2v) is 5.21. The summed E-state index contributed by atoms with van der Waals surface area (Å²) >= 11 is 0. The Hall–Kier alpha value is -2.38. The SMILES string of the molecule is Cn1cc(C=NNC(=O)OC(C)(C)C)c(=O)n(C)c1=O. The molecule has 0 spiro atoms. The maximum absolute atomic E-state index is 11.8. The van der Waals surface area contributed by atoms with E-state index in [1.54, 1.807) is 20.8 Å². The van der Waals surface area contributed by atoms with E-state index in [1.165, 1.54) is 24.9 Å². The Balaban J connectivity index is 2.85. The highest BCUT2D eigenvalue weighted by Gasteiger charge is 2.15. The summed E-state index contributed by atoms with van der Waals surface area (Å²) in [6, 6.07) is 0. The zero-order valence-electron chi connectivity index (χ0n) is 12.1. The Morgan fingerprint density at radius 1 is 1.35 bits per heavy atom. The number of aryl methyl sites for hydroxylation is 1. The molecule has 1 amide bonds. The van der Waals surface area contributed by atoms with E-state index in [9.17, 15) is 14.4 Å². The van der Waals surface area contributed by atoms with Gasteiger partial charge in [-0.15, -0.1) is 0 Å². The van der Waals surface area contributed by atoms with Gasteiger partial charge in [0.2, 0.25) is 0 Å². The van der Waals surface area contributed by atoms with Crippen molar-refractivity contribution in [2.24, 2.45) is 19.2 Å². The summed E-state index contributed by atoms with van der Waals surface area (Å²) in [6.45, 7) is 5.16. The van der Waals surface area contributed by atoms with Crippen LogP contribution in [0.3, 0.4) is 0 Å². The van der Waals surface area contributed by atoms with Gasteiger partial charge >= 0.3 is 11.8 Å². The summed E-state index contributed by atoms with van der Waals surface area (Å²) < 4.78 is 7.17. The number of rotatable bonds is 2. The molecule has 0 saturated carbocycles. The van der Waals surface area contributed by atoms with Crippen LogP contribution in [0.4, 0.5) is 4.79 Å². The molecule has 1 N–H and O–H groups in total. The molecular weight excluding hydrogens is 264 g/mol. The van der Waals surface area contributed by atoms with E-state index in [1.807, 2.05) is 0 Å². The highest BCUT2D eigenvalue weighted by Crippen LogP contribution is 2.06. The van der Waals surface area contributed by atoms with Gasteiger partial charge in [-0.1, -0.05) is 0 Å². The fraction of sp³-hybridized carbons (Fsp3) is 0.500. The van der Waals surface area contributed by atoms with Gasteiger partial charge in [-0.05, 0) is 20.8 Å². The number of amides is 1. The quantitative estimate of drug-likeness (QED) is 0.607. The fourth-order valence-electron chi connectivity index (χ4n) is 1.38. The molecule has 0 saturated heterocycles. The number of carbonyl (C=O) groups is 1. The van der Waals surface area contributed by atoms with Gasteiger partial charge in [0.05, 0.1) is 11.8 Å². The molecular formula is C12H18N4O4. The first-order chi connectivity index (χ1) is 9.11. The molecule has 8 nitrogen and oxygen atoms in total. The van der Waals surface area contributed by atoms with Crippen LogP contribution < -0.4 is 16.7 Å². The van der Waals surface area contributed by atoms with Gasteiger partial charge in [-0.2, -0.15) is 5.10 Å². The Kier molecular flexibility index (Phi) is 4.49. The highest BCUT2D eigenvalue weighted by atomic mass is 16.6. The normalized spacial score (nSPS) is 11.7. The standard InChI is InChI=1S/C12H18N4O4/c1-12(2,3)20-10(18)14-13-6-8-7-15(4)11(19)16(5)9(8)17/h6-7H,1-5H3,(H,14,18). The van der Waals surface area contributed by atoms with Crippen LogP contribution in [0, 0.1) is 0 Å². The van der Waals surface area contributed by atoms with Gasteiger partial charge in [-0.25, -0.2) is 15.0 Å². The van der Waals surface area contributed by atoms with E-state index in [0.717, 1.165) is 10.8 Å².